The van der Waals surface area contributed by atoms with Crippen molar-refractivity contribution in [1.29, 1.82) is 0 Å². The number of benzene rings is 3. The van der Waals surface area contributed by atoms with Crippen LogP contribution in [0.25, 0.3) is 0 Å². The molecule has 3 aromatic rings. The van der Waals surface area contributed by atoms with E-state index in [1.165, 1.54) is 0 Å². The van der Waals surface area contributed by atoms with Gasteiger partial charge in [-0.3, -0.25) is 9.69 Å². The maximum atomic E-state index is 12.4. The number of carbonyl (C=O) groups excluding carboxylic acids is 1. The van der Waals surface area contributed by atoms with Crippen LogP contribution in [0, 0.1) is 0 Å². The first kappa shape index (κ1) is 29.3. The topological polar surface area (TPSA) is 60.0 Å². The Balaban J connectivity index is 1.24. The first-order valence-electron chi connectivity index (χ1n) is 13.1. The molecule has 0 heterocycles. The van der Waals surface area contributed by atoms with Crippen LogP contribution >= 0.6 is 34.8 Å². The zero-order valence-corrected chi connectivity index (χ0v) is 23.9. The van der Waals surface area contributed by atoms with Gasteiger partial charge in [0.25, 0.3) is 5.91 Å². The molecule has 3 aromatic carbocycles. The van der Waals surface area contributed by atoms with Gasteiger partial charge in [-0.15, -0.1) is 0 Å². The van der Waals surface area contributed by atoms with E-state index in [0.717, 1.165) is 50.3 Å². The van der Waals surface area contributed by atoms with Crippen molar-refractivity contribution in [3.05, 3.63) is 87.9 Å². The third-order valence-corrected chi connectivity index (χ3v) is 7.44. The molecule has 0 spiro atoms. The second-order valence-corrected chi connectivity index (χ2v) is 10.8. The van der Waals surface area contributed by atoms with Gasteiger partial charge in [0.1, 0.15) is 30.5 Å². The van der Waals surface area contributed by atoms with Crippen LogP contribution < -0.4 is 19.5 Å². The Hall–Kier alpha value is -2.64. The van der Waals surface area contributed by atoms with Gasteiger partial charge in [-0.05, 0) is 98.5 Å². The number of amides is 1. The number of nitrogens with zero attached hydrogens (tertiary/aromatic N) is 1. The minimum Gasteiger partial charge on any atom is -0.492 e. The summed E-state index contributed by atoms with van der Waals surface area (Å²) in [4.78, 5) is 14.9. The smallest absolute Gasteiger partial charge is 0.258 e. The molecule has 0 aliphatic heterocycles. The Labute approximate surface area is 245 Å². The summed E-state index contributed by atoms with van der Waals surface area (Å²) in [6.45, 7) is 2.63. The molecule has 9 heteroatoms. The highest BCUT2D eigenvalue weighted by atomic mass is 35.5. The van der Waals surface area contributed by atoms with Crippen molar-refractivity contribution in [2.75, 3.05) is 32.9 Å². The van der Waals surface area contributed by atoms with Gasteiger partial charge in [0.2, 0.25) is 0 Å². The van der Waals surface area contributed by atoms with Gasteiger partial charge in [0.05, 0.1) is 0 Å². The molecule has 39 heavy (non-hydrogen) atoms. The van der Waals surface area contributed by atoms with E-state index in [2.05, 4.69) is 10.2 Å². The van der Waals surface area contributed by atoms with E-state index in [4.69, 9.17) is 49.0 Å². The largest absolute Gasteiger partial charge is 0.492 e. The molecule has 0 bridgehead atoms. The number of nitrogens with one attached hydrogen (secondary N) is 1. The minimum atomic E-state index is -0.113. The van der Waals surface area contributed by atoms with E-state index in [0.29, 0.717) is 40.1 Å². The molecule has 0 unspecified atom stereocenters. The molecule has 1 aliphatic rings. The number of ether oxygens (including phenoxy) is 3. The molecule has 6 nitrogen and oxygen atoms in total. The Morgan fingerprint density at radius 1 is 0.667 bits per heavy atom. The summed E-state index contributed by atoms with van der Waals surface area (Å²) in [6.07, 6.45) is 3.77. The van der Waals surface area contributed by atoms with E-state index < -0.39 is 0 Å². The van der Waals surface area contributed by atoms with Crippen molar-refractivity contribution in [1.82, 2.24) is 10.2 Å². The van der Waals surface area contributed by atoms with Crippen LogP contribution in [-0.4, -0.2) is 55.8 Å². The highest BCUT2D eigenvalue weighted by molar-refractivity contribution is 6.31. The number of halogens is 3. The number of carbonyl (C=O) groups is 1. The third-order valence-electron chi connectivity index (χ3n) is 6.68. The van der Waals surface area contributed by atoms with Crippen molar-refractivity contribution < 1.29 is 19.0 Å². The average molecular weight is 592 g/mol. The third kappa shape index (κ3) is 10.1. The normalized spacial score (nSPS) is 17.0. The van der Waals surface area contributed by atoms with Crippen LogP contribution in [0.1, 0.15) is 25.7 Å². The average Bonchev–Trinajstić information content (AvgIpc) is 2.94. The fraction of sp³-hybridized carbons (Fsp3) is 0.367. The molecule has 0 radical (unpaired) electrons. The lowest BCUT2D eigenvalue weighted by Crippen LogP contribution is -2.47. The van der Waals surface area contributed by atoms with E-state index in [9.17, 15) is 4.79 Å². The molecule has 4 rings (SSSR count). The van der Waals surface area contributed by atoms with Gasteiger partial charge in [-0.2, -0.15) is 0 Å². The Morgan fingerprint density at radius 2 is 1.08 bits per heavy atom. The second-order valence-electron chi connectivity index (χ2n) is 9.46. The van der Waals surface area contributed by atoms with Crippen LogP contribution in [0.3, 0.4) is 0 Å². The fourth-order valence-corrected chi connectivity index (χ4v) is 5.01. The first-order chi connectivity index (χ1) is 18.9. The molecule has 0 saturated heterocycles. The standard InChI is InChI=1S/C30H33Cl3N2O4/c31-22-1-11-27(12-2-22)37-19-17-35(18-20-38-28-13-3-23(32)4-14-28)26-9-7-25(8-10-26)34-30(36)21-39-29-15-5-24(33)6-16-29/h1-6,11-16,25-26H,7-10,17-21H2,(H,34,36). The van der Waals surface area contributed by atoms with Crippen molar-refractivity contribution in [2.45, 2.75) is 37.8 Å². The Kier molecular flexibility index (Phi) is 11.5. The van der Waals surface area contributed by atoms with E-state index >= 15 is 0 Å². The minimum absolute atomic E-state index is 0.0161. The monoisotopic (exact) mass is 590 g/mol. The summed E-state index contributed by atoms with van der Waals surface area (Å²) >= 11 is 17.9. The number of hydrogen-bond acceptors (Lipinski definition) is 5. The molecule has 1 aliphatic carbocycles. The molecule has 208 valence electrons. The van der Waals surface area contributed by atoms with Crippen LogP contribution in [0.2, 0.25) is 15.1 Å². The lowest BCUT2D eigenvalue weighted by atomic mass is 9.90. The summed E-state index contributed by atoms with van der Waals surface area (Å²) in [7, 11) is 0. The van der Waals surface area contributed by atoms with Crippen LogP contribution in [0.4, 0.5) is 0 Å². The lowest BCUT2D eigenvalue weighted by Gasteiger charge is -2.37. The molecule has 1 N–H and O–H groups in total. The highest BCUT2D eigenvalue weighted by Crippen LogP contribution is 2.24. The SMILES string of the molecule is O=C(COc1ccc(Cl)cc1)NC1CCC(N(CCOc2ccc(Cl)cc2)CCOc2ccc(Cl)cc2)CC1. The summed E-state index contributed by atoms with van der Waals surface area (Å²) in [6, 6.07) is 22.3. The Morgan fingerprint density at radius 3 is 1.51 bits per heavy atom. The molecule has 1 saturated carbocycles. The van der Waals surface area contributed by atoms with Crippen molar-refractivity contribution in [3.8, 4) is 17.2 Å². The maximum absolute atomic E-state index is 12.4. The summed E-state index contributed by atoms with van der Waals surface area (Å²) in [5.74, 6) is 2.10. The quantitative estimate of drug-likeness (QED) is 0.234. The van der Waals surface area contributed by atoms with Crippen LogP contribution in [-0.2, 0) is 4.79 Å². The molecule has 1 amide bonds. The summed E-state index contributed by atoms with van der Waals surface area (Å²) < 4.78 is 17.5. The predicted octanol–water partition coefficient (Wildman–Crippen LogP) is 6.91. The Bertz CT molecular complexity index is 1100. The van der Waals surface area contributed by atoms with Gasteiger partial charge >= 0.3 is 0 Å². The lowest BCUT2D eigenvalue weighted by molar-refractivity contribution is -0.124. The molecule has 0 atom stereocenters. The first-order valence-corrected chi connectivity index (χ1v) is 14.3. The molecule has 1 fully saturated rings. The molecular weight excluding hydrogens is 559 g/mol. The van der Waals surface area contributed by atoms with Crippen molar-refractivity contribution in [2.24, 2.45) is 0 Å². The van der Waals surface area contributed by atoms with Gasteiger partial charge in [-0.1, -0.05) is 34.8 Å². The fourth-order valence-electron chi connectivity index (χ4n) is 4.63. The highest BCUT2D eigenvalue weighted by Gasteiger charge is 2.27. The van der Waals surface area contributed by atoms with E-state index in [1.807, 2.05) is 48.5 Å². The zero-order valence-electron chi connectivity index (χ0n) is 21.7. The van der Waals surface area contributed by atoms with Crippen LogP contribution in [0.5, 0.6) is 17.2 Å². The second kappa shape index (κ2) is 15.2. The zero-order chi connectivity index (χ0) is 27.5. The summed E-state index contributed by atoms with van der Waals surface area (Å²) in [5, 5.41) is 5.12. The van der Waals surface area contributed by atoms with Gasteiger partial charge in [0, 0.05) is 40.2 Å². The molecule has 0 aromatic heterocycles. The van der Waals surface area contributed by atoms with E-state index in [1.54, 1.807) is 24.3 Å². The van der Waals surface area contributed by atoms with Crippen molar-refractivity contribution in [3.63, 3.8) is 0 Å². The number of hydrogen-bond donors (Lipinski definition) is 1. The van der Waals surface area contributed by atoms with Gasteiger partial charge in [-0.25, -0.2) is 0 Å². The molecular formula is C30H33Cl3N2O4. The van der Waals surface area contributed by atoms with Gasteiger partial charge in [0.15, 0.2) is 6.61 Å². The predicted molar refractivity (Wildman–Crippen MR) is 157 cm³/mol. The van der Waals surface area contributed by atoms with Crippen molar-refractivity contribution >= 4 is 40.7 Å². The van der Waals surface area contributed by atoms with E-state index in [-0.39, 0.29) is 18.6 Å². The maximum Gasteiger partial charge on any atom is 0.258 e. The van der Waals surface area contributed by atoms with Crippen LogP contribution in [0.15, 0.2) is 72.8 Å². The van der Waals surface area contributed by atoms with Gasteiger partial charge < -0.3 is 19.5 Å². The summed E-state index contributed by atoms with van der Waals surface area (Å²) in [5.41, 5.74) is 0. The number of rotatable bonds is 13.